The summed E-state index contributed by atoms with van der Waals surface area (Å²) in [7, 11) is -2.20. The SMILES string of the molecule is CN(c1ccccc1)S(=O)(=O)c1cccc(/C=C/C(=O)CO)c1. The van der Waals surface area contributed by atoms with Gasteiger partial charge in [0.2, 0.25) is 0 Å². The second kappa shape index (κ2) is 7.21. The third-order valence-electron chi connectivity index (χ3n) is 3.25. The Labute approximate surface area is 135 Å². The van der Waals surface area contributed by atoms with Gasteiger partial charge >= 0.3 is 0 Å². The maximum Gasteiger partial charge on any atom is 0.264 e. The molecule has 0 aliphatic heterocycles. The Hall–Kier alpha value is -2.44. The van der Waals surface area contributed by atoms with Gasteiger partial charge in [-0.05, 0) is 35.9 Å². The number of anilines is 1. The fourth-order valence-corrected chi connectivity index (χ4v) is 3.21. The van der Waals surface area contributed by atoms with Crippen LogP contribution >= 0.6 is 0 Å². The Morgan fingerprint density at radius 1 is 1.13 bits per heavy atom. The van der Waals surface area contributed by atoms with Crippen LogP contribution in [0.1, 0.15) is 5.56 Å². The number of para-hydroxylation sites is 1. The first-order chi connectivity index (χ1) is 10.9. The second-order valence-corrected chi connectivity index (χ2v) is 6.81. The number of sulfonamides is 1. The minimum absolute atomic E-state index is 0.127. The average Bonchev–Trinajstić information content (AvgIpc) is 2.60. The van der Waals surface area contributed by atoms with E-state index in [2.05, 4.69) is 0 Å². The Morgan fingerprint density at radius 2 is 1.83 bits per heavy atom. The van der Waals surface area contributed by atoms with Gasteiger partial charge in [-0.25, -0.2) is 8.42 Å². The second-order valence-electron chi connectivity index (χ2n) is 4.84. The van der Waals surface area contributed by atoms with Gasteiger partial charge in [0.15, 0.2) is 5.78 Å². The molecule has 0 saturated carbocycles. The molecule has 0 aliphatic rings. The lowest BCUT2D eigenvalue weighted by Crippen LogP contribution is -2.26. The molecule has 0 unspecified atom stereocenters. The molecule has 0 atom stereocenters. The van der Waals surface area contributed by atoms with Crippen LogP contribution in [-0.2, 0) is 14.8 Å². The lowest BCUT2D eigenvalue weighted by molar-refractivity contribution is -0.117. The Balaban J connectivity index is 2.34. The molecule has 6 heteroatoms. The number of rotatable bonds is 6. The Bertz CT molecular complexity index is 813. The highest BCUT2D eigenvalue weighted by Gasteiger charge is 2.21. The molecular formula is C17H17NO4S. The van der Waals surface area contributed by atoms with Crippen LogP contribution in [0.4, 0.5) is 5.69 Å². The summed E-state index contributed by atoms with van der Waals surface area (Å²) in [4.78, 5) is 11.2. The molecule has 0 aliphatic carbocycles. The first-order valence-electron chi connectivity index (χ1n) is 6.91. The largest absolute Gasteiger partial charge is 0.388 e. The van der Waals surface area contributed by atoms with E-state index < -0.39 is 22.4 Å². The van der Waals surface area contributed by atoms with Crippen molar-refractivity contribution in [2.75, 3.05) is 18.0 Å². The summed E-state index contributed by atoms with van der Waals surface area (Å²) in [5.74, 6) is -0.445. The number of aliphatic hydroxyl groups is 1. The van der Waals surface area contributed by atoms with E-state index in [-0.39, 0.29) is 4.90 Å². The summed E-state index contributed by atoms with van der Waals surface area (Å²) in [6, 6.07) is 15.0. The molecule has 120 valence electrons. The van der Waals surface area contributed by atoms with Gasteiger partial charge in [-0.1, -0.05) is 36.4 Å². The zero-order valence-electron chi connectivity index (χ0n) is 12.6. The number of benzene rings is 2. The van der Waals surface area contributed by atoms with Crippen molar-refractivity contribution < 1.29 is 18.3 Å². The van der Waals surface area contributed by atoms with Crippen LogP contribution in [-0.4, -0.2) is 33.0 Å². The van der Waals surface area contributed by atoms with Crippen molar-refractivity contribution in [1.29, 1.82) is 0 Å². The molecule has 0 amide bonds. The number of carbonyl (C=O) groups is 1. The average molecular weight is 331 g/mol. The van der Waals surface area contributed by atoms with Gasteiger partial charge in [0, 0.05) is 7.05 Å². The lowest BCUT2D eigenvalue weighted by Gasteiger charge is -2.19. The smallest absolute Gasteiger partial charge is 0.264 e. The predicted octanol–water partition coefficient (Wildman–Crippen LogP) is 2.09. The van der Waals surface area contributed by atoms with Crippen molar-refractivity contribution in [3.63, 3.8) is 0 Å². The summed E-state index contributed by atoms with van der Waals surface area (Å²) >= 11 is 0. The molecule has 0 saturated heterocycles. The molecule has 1 N–H and O–H groups in total. The molecule has 0 heterocycles. The first-order valence-corrected chi connectivity index (χ1v) is 8.35. The summed E-state index contributed by atoms with van der Waals surface area (Å²) < 4.78 is 26.6. The predicted molar refractivity (Wildman–Crippen MR) is 89.6 cm³/mol. The van der Waals surface area contributed by atoms with Crippen LogP contribution in [0.15, 0.2) is 65.6 Å². The highest BCUT2D eigenvalue weighted by Crippen LogP contribution is 2.22. The van der Waals surface area contributed by atoms with Crippen LogP contribution in [0, 0.1) is 0 Å². The van der Waals surface area contributed by atoms with Crippen molar-refractivity contribution in [2.24, 2.45) is 0 Å². The van der Waals surface area contributed by atoms with Gasteiger partial charge in [0.1, 0.15) is 6.61 Å². The van der Waals surface area contributed by atoms with E-state index in [0.717, 1.165) is 0 Å². The molecule has 2 aromatic carbocycles. The van der Waals surface area contributed by atoms with Crippen LogP contribution in [0.2, 0.25) is 0 Å². The van der Waals surface area contributed by atoms with E-state index in [9.17, 15) is 13.2 Å². The number of ketones is 1. The van der Waals surface area contributed by atoms with E-state index in [0.29, 0.717) is 11.3 Å². The van der Waals surface area contributed by atoms with Crippen LogP contribution in [0.3, 0.4) is 0 Å². The van der Waals surface area contributed by atoms with E-state index >= 15 is 0 Å². The van der Waals surface area contributed by atoms with Gasteiger partial charge in [0.25, 0.3) is 10.0 Å². The summed E-state index contributed by atoms with van der Waals surface area (Å²) in [6.45, 7) is -0.578. The number of hydrogen-bond donors (Lipinski definition) is 1. The molecule has 0 fully saturated rings. The highest BCUT2D eigenvalue weighted by molar-refractivity contribution is 7.92. The standard InChI is InChI=1S/C17H17NO4S/c1-18(15-7-3-2-4-8-15)23(21,22)17-9-5-6-14(12-17)10-11-16(20)13-19/h2-12,19H,13H2,1H3/b11-10+. The van der Waals surface area contributed by atoms with Crippen molar-refractivity contribution >= 4 is 27.6 Å². The Kier molecular flexibility index (Phi) is 5.31. The summed E-state index contributed by atoms with van der Waals surface area (Å²) in [5.41, 5.74) is 1.12. The van der Waals surface area contributed by atoms with Crippen molar-refractivity contribution in [2.45, 2.75) is 4.90 Å². The quantitative estimate of drug-likeness (QED) is 0.823. The lowest BCUT2D eigenvalue weighted by atomic mass is 10.2. The summed E-state index contributed by atoms with van der Waals surface area (Å²) in [5, 5.41) is 8.69. The van der Waals surface area contributed by atoms with E-state index in [1.807, 2.05) is 6.07 Å². The van der Waals surface area contributed by atoms with Crippen molar-refractivity contribution in [3.8, 4) is 0 Å². The zero-order valence-corrected chi connectivity index (χ0v) is 13.4. The molecule has 2 rings (SSSR count). The van der Waals surface area contributed by atoms with E-state index in [4.69, 9.17) is 5.11 Å². The number of aliphatic hydroxyl groups excluding tert-OH is 1. The van der Waals surface area contributed by atoms with Gasteiger partial charge in [-0.3, -0.25) is 9.10 Å². The molecule has 0 bridgehead atoms. The Morgan fingerprint density at radius 3 is 2.48 bits per heavy atom. The molecular weight excluding hydrogens is 314 g/mol. The highest BCUT2D eigenvalue weighted by atomic mass is 32.2. The van der Waals surface area contributed by atoms with E-state index in [1.165, 1.54) is 35.6 Å². The molecule has 0 spiro atoms. The van der Waals surface area contributed by atoms with Crippen LogP contribution in [0.25, 0.3) is 6.08 Å². The molecule has 0 aromatic heterocycles. The summed E-state index contributed by atoms with van der Waals surface area (Å²) in [6.07, 6.45) is 2.69. The maximum atomic E-state index is 12.7. The minimum Gasteiger partial charge on any atom is -0.388 e. The number of nitrogens with zero attached hydrogens (tertiary/aromatic N) is 1. The van der Waals surface area contributed by atoms with Crippen LogP contribution < -0.4 is 4.31 Å². The monoisotopic (exact) mass is 331 g/mol. The van der Waals surface area contributed by atoms with Crippen molar-refractivity contribution in [3.05, 3.63) is 66.2 Å². The van der Waals surface area contributed by atoms with Gasteiger partial charge in [0.05, 0.1) is 10.6 Å². The third-order valence-corrected chi connectivity index (χ3v) is 5.04. The molecule has 23 heavy (non-hydrogen) atoms. The molecule has 2 aromatic rings. The minimum atomic E-state index is -3.69. The van der Waals surface area contributed by atoms with Gasteiger partial charge in [-0.2, -0.15) is 0 Å². The fourth-order valence-electron chi connectivity index (χ4n) is 1.96. The number of hydrogen-bond acceptors (Lipinski definition) is 4. The van der Waals surface area contributed by atoms with Gasteiger partial charge < -0.3 is 5.11 Å². The van der Waals surface area contributed by atoms with Crippen molar-refractivity contribution in [1.82, 2.24) is 0 Å². The zero-order chi connectivity index (χ0) is 16.9. The molecule has 5 nitrogen and oxygen atoms in total. The fraction of sp³-hybridized carbons (Fsp3) is 0.118. The van der Waals surface area contributed by atoms with Gasteiger partial charge in [-0.15, -0.1) is 0 Å². The molecule has 0 radical (unpaired) electrons. The van der Waals surface area contributed by atoms with Crippen LogP contribution in [0.5, 0.6) is 0 Å². The normalized spacial score (nSPS) is 11.6. The number of carbonyl (C=O) groups excluding carboxylic acids is 1. The third kappa shape index (κ3) is 4.06. The topological polar surface area (TPSA) is 74.7 Å². The first kappa shape index (κ1) is 16.9. The van der Waals surface area contributed by atoms with E-state index in [1.54, 1.807) is 36.4 Å². The maximum absolute atomic E-state index is 12.7.